The minimum absolute atomic E-state index is 0.221. The highest BCUT2D eigenvalue weighted by Crippen LogP contribution is 2.39. The molecule has 0 unspecified atom stereocenters. The van der Waals surface area contributed by atoms with Gasteiger partial charge in [0.2, 0.25) is 5.91 Å². The highest BCUT2D eigenvalue weighted by Gasteiger charge is 2.27. The quantitative estimate of drug-likeness (QED) is 0.310. The number of rotatable bonds is 6. The maximum Gasteiger partial charge on any atom is 0.341 e. The zero-order chi connectivity index (χ0) is 25.4. The van der Waals surface area contributed by atoms with E-state index in [9.17, 15) is 14.4 Å². The SMILES string of the molecule is CCOC(=O)c1c(NC(=O)Cn2cnc3sc(C)c(-c4ccc(Cl)cc4)c3c2=O)sc2c1CCCC2. The second-order valence-electron chi connectivity index (χ2n) is 8.58. The average Bonchev–Trinajstić information content (AvgIpc) is 3.38. The number of fused-ring (bicyclic) bond motifs is 2. The lowest BCUT2D eigenvalue weighted by molar-refractivity contribution is -0.116. The predicted molar refractivity (Wildman–Crippen MR) is 145 cm³/mol. The van der Waals surface area contributed by atoms with Crippen molar-refractivity contribution < 1.29 is 14.3 Å². The van der Waals surface area contributed by atoms with Crippen LogP contribution >= 0.6 is 34.3 Å². The molecule has 7 nitrogen and oxygen atoms in total. The first-order valence-electron chi connectivity index (χ1n) is 11.7. The third-order valence-electron chi connectivity index (χ3n) is 6.21. The molecule has 5 rings (SSSR count). The van der Waals surface area contributed by atoms with Crippen molar-refractivity contribution in [3.8, 4) is 11.1 Å². The van der Waals surface area contributed by atoms with Gasteiger partial charge in [-0.25, -0.2) is 9.78 Å². The highest BCUT2D eigenvalue weighted by molar-refractivity contribution is 7.19. The Balaban J connectivity index is 1.46. The molecule has 3 heterocycles. The summed E-state index contributed by atoms with van der Waals surface area (Å²) in [4.78, 5) is 46.4. The van der Waals surface area contributed by atoms with Gasteiger partial charge in [-0.2, -0.15) is 0 Å². The largest absolute Gasteiger partial charge is 0.462 e. The summed E-state index contributed by atoms with van der Waals surface area (Å²) in [5.74, 6) is -0.823. The molecule has 0 atom stereocenters. The number of ether oxygens (including phenoxy) is 1. The average molecular weight is 542 g/mol. The van der Waals surface area contributed by atoms with Gasteiger partial charge in [0.15, 0.2) is 0 Å². The van der Waals surface area contributed by atoms with Crippen LogP contribution in [0, 0.1) is 6.92 Å². The van der Waals surface area contributed by atoms with Gasteiger partial charge < -0.3 is 10.1 Å². The molecule has 0 spiro atoms. The van der Waals surface area contributed by atoms with Crippen LogP contribution in [0.5, 0.6) is 0 Å². The fourth-order valence-corrected chi connectivity index (χ4v) is 7.03. The van der Waals surface area contributed by atoms with Gasteiger partial charge in [-0.05, 0) is 62.8 Å². The van der Waals surface area contributed by atoms with Crippen molar-refractivity contribution in [3.05, 3.63) is 66.9 Å². The summed E-state index contributed by atoms with van der Waals surface area (Å²) in [7, 11) is 0. The molecule has 0 saturated carbocycles. The smallest absolute Gasteiger partial charge is 0.341 e. The molecule has 1 aliphatic carbocycles. The molecule has 1 aliphatic rings. The van der Waals surface area contributed by atoms with Crippen molar-refractivity contribution in [1.82, 2.24) is 9.55 Å². The number of nitrogens with one attached hydrogen (secondary N) is 1. The van der Waals surface area contributed by atoms with Crippen molar-refractivity contribution in [1.29, 1.82) is 0 Å². The molecule has 4 aromatic rings. The van der Waals surface area contributed by atoms with E-state index in [1.807, 2.05) is 19.1 Å². The van der Waals surface area contributed by atoms with Crippen LogP contribution in [0.3, 0.4) is 0 Å². The summed E-state index contributed by atoms with van der Waals surface area (Å²) in [6.07, 6.45) is 5.13. The fraction of sp³-hybridized carbons (Fsp3) is 0.308. The molecule has 0 aliphatic heterocycles. The van der Waals surface area contributed by atoms with E-state index >= 15 is 0 Å². The van der Waals surface area contributed by atoms with Crippen LogP contribution in [0.2, 0.25) is 5.02 Å². The Hall–Kier alpha value is -3.01. The minimum atomic E-state index is -0.422. The van der Waals surface area contributed by atoms with Gasteiger partial charge >= 0.3 is 5.97 Å². The lowest BCUT2D eigenvalue weighted by atomic mass is 9.95. The Kier molecular flexibility index (Phi) is 6.96. The van der Waals surface area contributed by atoms with Crippen LogP contribution in [0.15, 0.2) is 35.4 Å². The van der Waals surface area contributed by atoms with Crippen molar-refractivity contribution in [2.24, 2.45) is 0 Å². The lowest BCUT2D eigenvalue weighted by Gasteiger charge is -2.12. The van der Waals surface area contributed by atoms with Crippen LogP contribution < -0.4 is 10.9 Å². The summed E-state index contributed by atoms with van der Waals surface area (Å²) in [5, 5.41) is 4.45. The molecule has 0 fully saturated rings. The van der Waals surface area contributed by atoms with Crippen LogP contribution in [-0.2, 0) is 28.9 Å². The highest BCUT2D eigenvalue weighted by atomic mass is 35.5. The topological polar surface area (TPSA) is 90.3 Å². The van der Waals surface area contributed by atoms with Crippen LogP contribution in [-0.4, -0.2) is 28.0 Å². The van der Waals surface area contributed by atoms with Gasteiger partial charge in [0, 0.05) is 20.3 Å². The number of amides is 1. The number of hydrogen-bond donors (Lipinski definition) is 1. The number of nitrogens with zero attached hydrogens (tertiary/aromatic N) is 2. The van der Waals surface area contributed by atoms with E-state index in [1.54, 1.807) is 19.1 Å². The number of carbonyl (C=O) groups is 2. The molecule has 0 bridgehead atoms. The van der Waals surface area contributed by atoms with Crippen LogP contribution in [0.1, 0.15) is 45.4 Å². The fourth-order valence-electron chi connectivity index (χ4n) is 4.61. The number of anilines is 1. The summed E-state index contributed by atoms with van der Waals surface area (Å²) in [5.41, 5.74) is 2.80. The Labute approximate surface area is 220 Å². The lowest BCUT2D eigenvalue weighted by Crippen LogP contribution is -2.28. The Morgan fingerprint density at radius 1 is 1.17 bits per heavy atom. The summed E-state index contributed by atoms with van der Waals surface area (Å²) in [6.45, 7) is 3.74. The normalized spacial score (nSPS) is 13.0. The van der Waals surface area contributed by atoms with Gasteiger partial charge in [-0.1, -0.05) is 23.7 Å². The first-order chi connectivity index (χ1) is 17.4. The number of aryl methyl sites for hydroxylation is 2. The molecule has 186 valence electrons. The second kappa shape index (κ2) is 10.2. The molecule has 36 heavy (non-hydrogen) atoms. The van der Waals surface area contributed by atoms with Crippen molar-refractivity contribution in [2.75, 3.05) is 11.9 Å². The standard InChI is InChI=1S/C26H24ClN3O4S2/c1-3-34-26(33)21-17-6-4-5-7-18(17)36-24(21)29-19(31)12-30-13-28-23-22(25(30)32)20(14(2)35-23)15-8-10-16(27)11-9-15/h8-11,13H,3-7,12H2,1-2H3,(H,29,31). The molecule has 1 amide bonds. The van der Waals surface area contributed by atoms with Gasteiger partial charge in [0.25, 0.3) is 5.56 Å². The van der Waals surface area contributed by atoms with E-state index in [1.165, 1.54) is 33.6 Å². The summed E-state index contributed by atoms with van der Waals surface area (Å²) in [6, 6.07) is 7.31. The zero-order valence-electron chi connectivity index (χ0n) is 19.9. The Morgan fingerprint density at radius 3 is 2.67 bits per heavy atom. The number of aromatic nitrogens is 2. The number of benzene rings is 1. The minimum Gasteiger partial charge on any atom is -0.462 e. The van der Waals surface area contributed by atoms with Crippen molar-refractivity contribution >= 4 is 61.4 Å². The number of carbonyl (C=O) groups excluding carboxylic acids is 2. The van der Waals surface area contributed by atoms with E-state index in [-0.39, 0.29) is 18.7 Å². The van der Waals surface area contributed by atoms with E-state index in [0.29, 0.717) is 25.8 Å². The molecule has 1 N–H and O–H groups in total. The molecule has 10 heteroatoms. The maximum atomic E-state index is 13.5. The summed E-state index contributed by atoms with van der Waals surface area (Å²) >= 11 is 8.91. The first kappa shape index (κ1) is 24.7. The summed E-state index contributed by atoms with van der Waals surface area (Å²) < 4.78 is 6.58. The van der Waals surface area contributed by atoms with Gasteiger partial charge in [0.05, 0.1) is 23.9 Å². The van der Waals surface area contributed by atoms with Crippen molar-refractivity contribution in [2.45, 2.75) is 46.1 Å². The number of esters is 1. The predicted octanol–water partition coefficient (Wildman–Crippen LogP) is 5.84. The van der Waals surface area contributed by atoms with Gasteiger partial charge in [-0.3, -0.25) is 14.2 Å². The molecular formula is C26H24ClN3O4S2. The van der Waals surface area contributed by atoms with Crippen LogP contribution in [0.25, 0.3) is 21.3 Å². The maximum absolute atomic E-state index is 13.5. The first-order valence-corrected chi connectivity index (χ1v) is 13.7. The number of thiophene rings is 2. The van der Waals surface area contributed by atoms with Crippen molar-refractivity contribution in [3.63, 3.8) is 0 Å². The molecule has 1 aromatic carbocycles. The molecule has 0 saturated heterocycles. The third kappa shape index (κ3) is 4.58. The van der Waals surface area contributed by atoms with E-state index in [2.05, 4.69) is 10.3 Å². The van der Waals surface area contributed by atoms with E-state index in [0.717, 1.165) is 52.1 Å². The van der Waals surface area contributed by atoms with Gasteiger partial charge in [-0.15, -0.1) is 22.7 Å². The van der Waals surface area contributed by atoms with Gasteiger partial charge in [0.1, 0.15) is 16.4 Å². The number of hydrogen-bond acceptors (Lipinski definition) is 7. The zero-order valence-corrected chi connectivity index (χ0v) is 22.2. The monoisotopic (exact) mass is 541 g/mol. The van der Waals surface area contributed by atoms with Crippen LogP contribution in [0.4, 0.5) is 5.00 Å². The Bertz CT molecular complexity index is 1540. The van der Waals surface area contributed by atoms with E-state index in [4.69, 9.17) is 16.3 Å². The van der Waals surface area contributed by atoms with E-state index < -0.39 is 11.9 Å². The number of halogens is 1. The third-order valence-corrected chi connectivity index (χ3v) is 8.68. The molecular weight excluding hydrogens is 518 g/mol. The second-order valence-corrected chi connectivity index (χ2v) is 11.3. The molecule has 0 radical (unpaired) electrons. The Morgan fingerprint density at radius 2 is 1.92 bits per heavy atom. The molecule has 3 aromatic heterocycles.